The number of amides is 1. The van der Waals surface area contributed by atoms with Crippen LogP contribution in [0.25, 0.3) is 10.9 Å². The van der Waals surface area contributed by atoms with Crippen LogP contribution in [0.2, 0.25) is 0 Å². The van der Waals surface area contributed by atoms with Crippen molar-refractivity contribution in [2.24, 2.45) is 0 Å². The van der Waals surface area contributed by atoms with Gasteiger partial charge in [-0.1, -0.05) is 12.1 Å². The molecule has 2 heterocycles. The van der Waals surface area contributed by atoms with Gasteiger partial charge in [-0.25, -0.2) is 4.98 Å². The van der Waals surface area contributed by atoms with Crippen molar-refractivity contribution in [1.29, 1.82) is 0 Å². The molecule has 7 nitrogen and oxygen atoms in total. The number of aromatic amines is 1. The van der Waals surface area contributed by atoms with E-state index in [9.17, 15) is 9.59 Å². The lowest BCUT2D eigenvalue weighted by molar-refractivity contribution is -0.132. The fraction of sp³-hybridized carbons (Fsp3) is 0.316. The number of furan rings is 1. The molecule has 0 saturated heterocycles. The highest BCUT2D eigenvalue weighted by Gasteiger charge is 2.16. The van der Waals surface area contributed by atoms with Gasteiger partial charge < -0.3 is 19.0 Å². The molecule has 26 heavy (non-hydrogen) atoms. The second kappa shape index (κ2) is 8.44. The molecule has 0 aliphatic carbocycles. The lowest BCUT2D eigenvalue weighted by Crippen LogP contribution is -2.33. The zero-order chi connectivity index (χ0) is 18.4. The topological polar surface area (TPSA) is 88.4 Å². The average Bonchev–Trinajstić information content (AvgIpc) is 3.16. The van der Waals surface area contributed by atoms with E-state index in [1.807, 2.05) is 12.1 Å². The molecule has 3 aromatic rings. The summed E-state index contributed by atoms with van der Waals surface area (Å²) in [6, 6.07) is 10.8. The van der Waals surface area contributed by atoms with Crippen molar-refractivity contribution in [3.05, 3.63) is 64.6 Å². The molecular formula is C19H21N3O4. The Bertz CT molecular complexity index is 918. The first-order valence-electron chi connectivity index (χ1n) is 8.44. The minimum atomic E-state index is -0.190. The Balaban J connectivity index is 1.68. The maximum atomic E-state index is 12.6. The number of para-hydroxylation sites is 1. The molecule has 7 heteroatoms. The van der Waals surface area contributed by atoms with Gasteiger partial charge in [0.1, 0.15) is 11.6 Å². The highest BCUT2D eigenvalue weighted by atomic mass is 16.5. The van der Waals surface area contributed by atoms with Crippen LogP contribution in [0.15, 0.2) is 51.9 Å². The lowest BCUT2D eigenvalue weighted by Gasteiger charge is -2.21. The second-order valence-corrected chi connectivity index (χ2v) is 5.92. The van der Waals surface area contributed by atoms with E-state index in [0.717, 1.165) is 0 Å². The average molecular weight is 355 g/mol. The number of hydrogen-bond donors (Lipinski definition) is 1. The third-order valence-electron chi connectivity index (χ3n) is 4.08. The first-order chi connectivity index (χ1) is 12.7. The molecule has 0 saturated carbocycles. The van der Waals surface area contributed by atoms with E-state index in [1.54, 1.807) is 42.5 Å². The highest BCUT2D eigenvalue weighted by molar-refractivity contribution is 5.78. The molecule has 0 bridgehead atoms. The number of hydrogen-bond acceptors (Lipinski definition) is 5. The van der Waals surface area contributed by atoms with Gasteiger partial charge in [0.25, 0.3) is 5.56 Å². The number of fused-ring (bicyclic) bond motifs is 1. The largest absolute Gasteiger partial charge is 0.467 e. The fourth-order valence-electron chi connectivity index (χ4n) is 2.72. The van der Waals surface area contributed by atoms with Gasteiger partial charge in [-0.05, 0) is 24.3 Å². The van der Waals surface area contributed by atoms with Crippen LogP contribution >= 0.6 is 0 Å². The Kier molecular flexibility index (Phi) is 5.80. The number of nitrogens with one attached hydrogen (secondary N) is 1. The van der Waals surface area contributed by atoms with E-state index in [-0.39, 0.29) is 17.9 Å². The minimum Gasteiger partial charge on any atom is -0.467 e. The molecule has 0 aliphatic heterocycles. The molecule has 1 N–H and O–H groups in total. The van der Waals surface area contributed by atoms with E-state index in [2.05, 4.69) is 9.97 Å². The standard InChI is InChI=1S/C19H21N3O4/c1-25-12-10-22(13-14-5-4-11-26-14)18(23)9-8-17-20-16-7-3-2-6-15(16)19(24)21-17/h2-7,11H,8-10,12-13H2,1H3,(H,20,21,24). The van der Waals surface area contributed by atoms with E-state index < -0.39 is 0 Å². The maximum Gasteiger partial charge on any atom is 0.258 e. The maximum absolute atomic E-state index is 12.6. The molecule has 3 rings (SSSR count). The van der Waals surface area contributed by atoms with Crippen LogP contribution in [-0.4, -0.2) is 41.0 Å². The lowest BCUT2D eigenvalue weighted by atomic mass is 10.2. The third kappa shape index (κ3) is 4.37. The van der Waals surface area contributed by atoms with E-state index in [1.165, 1.54) is 0 Å². The van der Waals surface area contributed by atoms with E-state index >= 15 is 0 Å². The Morgan fingerprint density at radius 2 is 2.12 bits per heavy atom. The summed E-state index contributed by atoms with van der Waals surface area (Å²) in [6.45, 7) is 1.30. The van der Waals surface area contributed by atoms with Crippen molar-refractivity contribution in [3.8, 4) is 0 Å². The summed E-state index contributed by atoms with van der Waals surface area (Å²) < 4.78 is 10.4. The van der Waals surface area contributed by atoms with Gasteiger partial charge in [0.15, 0.2) is 0 Å². The Labute approximate surface area is 150 Å². The van der Waals surface area contributed by atoms with Gasteiger partial charge in [0, 0.05) is 26.5 Å². The van der Waals surface area contributed by atoms with E-state index in [4.69, 9.17) is 9.15 Å². The van der Waals surface area contributed by atoms with Crippen molar-refractivity contribution in [2.75, 3.05) is 20.3 Å². The monoisotopic (exact) mass is 355 g/mol. The van der Waals surface area contributed by atoms with Crippen LogP contribution in [0.4, 0.5) is 0 Å². The van der Waals surface area contributed by atoms with Gasteiger partial charge >= 0.3 is 0 Å². The minimum absolute atomic E-state index is 0.0470. The summed E-state index contributed by atoms with van der Waals surface area (Å²) in [5, 5.41) is 0.544. The number of H-pyrrole nitrogens is 1. The molecular weight excluding hydrogens is 334 g/mol. The van der Waals surface area contributed by atoms with Gasteiger partial charge in [0.05, 0.1) is 30.3 Å². The summed E-state index contributed by atoms with van der Waals surface area (Å²) in [5.41, 5.74) is 0.440. The predicted octanol–water partition coefficient (Wildman–Crippen LogP) is 2.12. The number of carbonyl (C=O) groups excluding carboxylic acids is 1. The van der Waals surface area contributed by atoms with Gasteiger partial charge in [-0.2, -0.15) is 0 Å². The Morgan fingerprint density at radius 1 is 1.27 bits per heavy atom. The molecule has 1 amide bonds. The van der Waals surface area contributed by atoms with Crippen LogP contribution < -0.4 is 5.56 Å². The summed E-state index contributed by atoms with van der Waals surface area (Å²) in [7, 11) is 1.60. The molecule has 1 aromatic carbocycles. The van der Waals surface area contributed by atoms with Crippen LogP contribution in [-0.2, 0) is 22.5 Å². The number of methoxy groups -OCH3 is 1. The van der Waals surface area contributed by atoms with Crippen LogP contribution in [0.3, 0.4) is 0 Å². The van der Waals surface area contributed by atoms with Gasteiger partial charge in [0.2, 0.25) is 5.91 Å². The quantitative estimate of drug-likeness (QED) is 0.669. The molecule has 0 spiro atoms. The molecule has 0 atom stereocenters. The number of aromatic nitrogens is 2. The Morgan fingerprint density at radius 3 is 2.88 bits per heavy atom. The fourth-order valence-corrected chi connectivity index (χ4v) is 2.72. The smallest absolute Gasteiger partial charge is 0.258 e. The first kappa shape index (κ1) is 17.9. The van der Waals surface area contributed by atoms with Gasteiger partial charge in [-0.3, -0.25) is 9.59 Å². The molecule has 136 valence electrons. The zero-order valence-corrected chi connectivity index (χ0v) is 14.6. The highest BCUT2D eigenvalue weighted by Crippen LogP contribution is 2.10. The third-order valence-corrected chi connectivity index (χ3v) is 4.08. The molecule has 0 radical (unpaired) electrons. The molecule has 2 aromatic heterocycles. The van der Waals surface area contributed by atoms with Crippen molar-refractivity contribution in [1.82, 2.24) is 14.9 Å². The van der Waals surface area contributed by atoms with Crippen molar-refractivity contribution < 1.29 is 13.9 Å². The summed E-state index contributed by atoms with van der Waals surface area (Å²) in [6.07, 6.45) is 2.18. The van der Waals surface area contributed by atoms with Crippen molar-refractivity contribution in [3.63, 3.8) is 0 Å². The van der Waals surface area contributed by atoms with E-state index in [0.29, 0.717) is 48.6 Å². The predicted molar refractivity (Wildman–Crippen MR) is 96.7 cm³/mol. The van der Waals surface area contributed by atoms with Gasteiger partial charge in [-0.15, -0.1) is 0 Å². The van der Waals surface area contributed by atoms with Crippen molar-refractivity contribution >= 4 is 16.8 Å². The summed E-state index contributed by atoms with van der Waals surface area (Å²) in [4.78, 5) is 33.6. The number of ether oxygens (including phenoxy) is 1. The van der Waals surface area contributed by atoms with Crippen LogP contribution in [0, 0.1) is 0 Å². The van der Waals surface area contributed by atoms with Crippen molar-refractivity contribution in [2.45, 2.75) is 19.4 Å². The second-order valence-electron chi connectivity index (χ2n) is 5.92. The number of aryl methyl sites for hydroxylation is 1. The molecule has 0 unspecified atom stereocenters. The number of rotatable bonds is 8. The summed E-state index contributed by atoms with van der Waals surface area (Å²) >= 11 is 0. The first-order valence-corrected chi connectivity index (χ1v) is 8.44. The zero-order valence-electron chi connectivity index (χ0n) is 14.6. The number of benzene rings is 1. The Hall–Kier alpha value is -2.93. The normalized spacial score (nSPS) is 11.0. The van der Waals surface area contributed by atoms with Crippen LogP contribution in [0.5, 0.6) is 0 Å². The summed E-state index contributed by atoms with van der Waals surface area (Å²) in [5.74, 6) is 1.17. The molecule has 0 aliphatic rings. The molecule has 0 fully saturated rings. The number of carbonyl (C=O) groups is 1. The number of nitrogens with zero attached hydrogens (tertiary/aromatic N) is 2. The SMILES string of the molecule is COCCN(Cc1ccco1)C(=O)CCc1nc2ccccc2c(=O)[nH]1. The van der Waals surface area contributed by atoms with Crippen LogP contribution in [0.1, 0.15) is 18.0 Å².